The van der Waals surface area contributed by atoms with Gasteiger partial charge in [-0.25, -0.2) is 0 Å². The number of hydrogen-bond donors (Lipinski definition) is 0. The second-order valence-electron chi connectivity index (χ2n) is 6.68. The van der Waals surface area contributed by atoms with Crippen molar-refractivity contribution in [2.45, 2.75) is 31.7 Å². The van der Waals surface area contributed by atoms with Crippen LogP contribution in [-0.4, -0.2) is 47.3 Å². The Bertz CT molecular complexity index is 614. The number of hydrogen-bond acceptors (Lipinski definition) is 3. The number of halogens is 1. The summed E-state index contributed by atoms with van der Waals surface area (Å²) in [6, 6.07) is 3.80. The van der Waals surface area contributed by atoms with Gasteiger partial charge in [0.25, 0.3) is 5.91 Å². The zero-order chi connectivity index (χ0) is 15.3. The third kappa shape index (κ3) is 2.37. The number of piperidine rings is 3. The van der Waals surface area contributed by atoms with Crippen LogP contribution in [0.5, 0.6) is 0 Å². The second kappa shape index (κ2) is 5.41. The highest BCUT2D eigenvalue weighted by atomic mass is 79.9. The molecule has 0 radical (unpaired) electrons. The Morgan fingerprint density at radius 3 is 2.91 bits per heavy atom. The number of rotatable bonds is 1. The molecule has 2 amide bonds. The Hall–Kier alpha value is -1.30. The molecule has 3 fully saturated rings. The van der Waals surface area contributed by atoms with Crippen LogP contribution in [0.1, 0.15) is 36.2 Å². The Labute approximate surface area is 137 Å². The Kier molecular flexibility index (Phi) is 3.51. The van der Waals surface area contributed by atoms with E-state index in [1.54, 1.807) is 12.1 Å². The van der Waals surface area contributed by atoms with Crippen molar-refractivity contribution in [1.82, 2.24) is 9.80 Å². The van der Waals surface area contributed by atoms with Gasteiger partial charge in [0.05, 0.1) is 0 Å². The summed E-state index contributed by atoms with van der Waals surface area (Å²) in [5, 5.41) is 0. The first-order valence-electron chi connectivity index (χ1n) is 7.96. The van der Waals surface area contributed by atoms with Crippen LogP contribution in [0, 0.1) is 11.8 Å². The lowest BCUT2D eigenvalue weighted by Crippen LogP contribution is -2.61. The van der Waals surface area contributed by atoms with Crippen molar-refractivity contribution in [3.8, 4) is 0 Å². The average molecular weight is 367 g/mol. The standard InChI is InChI=1S/C16H19BrN2O3/c17-14-5-4-13(22-14)16(21)18-7-10-6-11(9-18)12-2-1-3-15(20)19(12)8-10/h4-5,10-12H,1-3,6-9H2/t10-,11-,12-/m1/s1. The highest BCUT2D eigenvalue weighted by molar-refractivity contribution is 9.10. The minimum atomic E-state index is -0.0315. The molecule has 3 saturated heterocycles. The van der Waals surface area contributed by atoms with E-state index >= 15 is 0 Å². The van der Waals surface area contributed by atoms with Gasteiger partial charge >= 0.3 is 0 Å². The molecule has 1 aromatic rings. The monoisotopic (exact) mass is 366 g/mol. The highest BCUT2D eigenvalue weighted by Crippen LogP contribution is 2.38. The van der Waals surface area contributed by atoms with E-state index in [-0.39, 0.29) is 5.91 Å². The van der Waals surface area contributed by atoms with Crippen molar-refractivity contribution >= 4 is 27.7 Å². The number of nitrogens with zero attached hydrogens (tertiary/aromatic N) is 2. The van der Waals surface area contributed by atoms with E-state index in [1.807, 2.05) is 4.90 Å². The fourth-order valence-corrected chi connectivity index (χ4v) is 4.67. The molecule has 0 aromatic carbocycles. The molecule has 3 aliphatic heterocycles. The van der Waals surface area contributed by atoms with E-state index in [0.717, 1.165) is 38.9 Å². The van der Waals surface area contributed by atoms with Gasteiger partial charge in [-0.2, -0.15) is 0 Å². The molecule has 0 N–H and O–H groups in total. The van der Waals surface area contributed by atoms with Crippen LogP contribution >= 0.6 is 15.9 Å². The minimum Gasteiger partial charge on any atom is -0.444 e. The molecule has 0 spiro atoms. The Balaban J connectivity index is 1.53. The molecule has 3 atom stereocenters. The minimum absolute atomic E-state index is 0.0315. The smallest absolute Gasteiger partial charge is 0.289 e. The summed E-state index contributed by atoms with van der Waals surface area (Å²) < 4.78 is 5.99. The van der Waals surface area contributed by atoms with Gasteiger partial charge in [0.15, 0.2) is 10.4 Å². The summed E-state index contributed by atoms with van der Waals surface area (Å²) in [4.78, 5) is 28.7. The van der Waals surface area contributed by atoms with E-state index in [1.165, 1.54) is 0 Å². The van der Waals surface area contributed by atoms with Gasteiger partial charge in [0.2, 0.25) is 5.91 Å². The van der Waals surface area contributed by atoms with E-state index in [4.69, 9.17) is 4.42 Å². The maximum atomic E-state index is 12.6. The van der Waals surface area contributed by atoms with E-state index in [9.17, 15) is 9.59 Å². The predicted octanol–water partition coefficient (Wildman–Crippen LogP) is 2.52. The summed E-state index contributed by atoms with van der Waals surface area (Å²) in [5.41, 5.74) is 0. The lowest BCUT2D eigenvalue weighted by atomic mass is 9.76. The molecule has 2 bridgehead atoms. The van der Waals surface area contributed by atoms with Crippen molar-refractivity contribution < 1.29 is 14.0 Å². The quantitative estimate of drug-likeness (QED) is 0.767. The van der Waals surface area contributed by atoms with Crippen LogP contribution in [0.3, 0.4) is 0 Å². The molecule has 6 heteroatoms. The van der Waals surface area contributed by atoms with Crippen molar-refractivity contribution in [3.05, 3.63) is 22.6 Å². The topological polar surface area (TPSA) is 53.8 Å². The molecule has 22 heavy (non-hydrogen) atoms. The number of fused-ring (bicyclic) bond motifs is 4. The lowest BCUT2D eigenvalue weighted by molar-refractivity contribution is -0.144. The molecule has 0 unspecified atom stereocenters. The van der Waals surface area contributed by atoms with Crippen molar-refractivity contribution in [3.63, 3.8) is 0 Å². The number of carbonyl (C=O) groups excluding carboxylic acids is 2. The number of carbonyl (C=O) groups is 2. The van der Waals surface area contributed by atoms with Crippen LogP contribution in [0.2, 0.25) is 0 Å². The number of amides is 2. The molecule has 3 aliphatic rings. The molecular weight excluding hydrogens is 348 g/mol. The van der Waals surface area contributed by atoms with Gasteiger partial charge in [0, 0.05) is 32.1 Å². The van der Waals surface area contributed by atoms with Gasteiger partial charge in [0.1, 0.15) is 0 Å². The van der Waals surface area contributed by atoms with Gasteiger partial charge in [-0.3, -0.25) is 9.59 Å². The lowest BCUT2D eigenvalue weighted by Gasteiger charge is -2.52. The summed E-state index contributed by atoms with van der Waals surface area (Å²) >= 11 is 3.24. The molecule has 0 saturated carbocycles. The molecular formula is C16H19BrN2O3. The van der Waals surface area contributed by atoms with Crippen LogP contribution in [0.25, 0.3) is 0 Å². The number of furan rings is 1. The van der Waals surface area contributed by atoms with Gasteiger partial charge in [-0.05, 0) is 59.2 Å². The normalized spacial score (nSPS) is 31.1. The molecule has 118 valence electrons. The SMILES string of the molecule is O=C(c1ccc(Br)o1)N1C[C@H]2C[C@H](C1)[C@H]1CCCC(=O)N1C2. The molecule has 0 aliphatic carbocycles. The summed E-state index contributed by atoms with van der Waals surface area (Å²) in [6.45, 7) is 2.28. The van der Waals surface area contributed by atoms with Crippen LogP contribution in [0.15, 0.2) is 21.2 Å². The summed E-state index contributed by atoms with van der Waals surface area (Å²) in [7, 11) is 0. The second-order valence-corrected chi connectivity index (χ2v) is 7.46. The van der Waals surface area contributed by atoms with Gasteiger partial charge in [-0.1, -0.05) is 0 Å². The zero-order valence-electron chi connectivity index (χ0n) is 12.3. The van der Waals surface area contributed by atoms with Gasteiger partial charge in [-0.15, -0.1) is 0 Å². The first kappa shape index (κ1) is 14.3. The molecule has 1 aromatic heterocycles. The summed E-state index contributed by atoms with van der Waals surface area (Å²) in [6.07, 6.45) is 3.90. The molecule has 5 nitrogen and oxygen atoms in total. The fourth-order valence-electron chi connectivity index (χ4n) is 4.36. The maximum Gasteiger partial charge on any atom is 0.289 e. The molecule has 4 rings (SSSR count). The Morgan fingerprint density at radius 2 is 2.14 bits per heavy atom. The summed E-state index contributed by atoms with van der Waals surface area (Å²) in [5.74, 6) is 1.48. The third-order valence-electron chi connectivity index (χ3n) is 5.25. The largest absolute Gasteiger partial charge is 0.444 e. The number of likely N-dealkylation sites (tertiary alicyclic amines) is 1. The first-order valence-corrected chi connectivity index (χ1v) is 8.75. The third-order valence-corrected chi connectivity index (χ3v) is 5.68. The van der Waals surface area contributed by atoms with Crippen LogP contribution in [-0.2, 0) is 4.79 Å². The van der Waals surface area contributed by atoms with E-state index in [2.05, 4.69) is 20.8 Å². The van der Waals surface area contributed by atoms with Crippen molar-refractivity contribution in [2.75, 3.05) is 19.6 Å². The molecule has 4 heterocycles. The van der Waals surface area contributed by atoms with E-state index < -0.39 is 0 Å². The van der Waals surface area contributed by atoms with Gasteiger partial charge < -0.3 is 14.2 Å². The maximum absolute atomic E-state index is 12.6. The van der Waals surface area contributed by atoms with Crippen LogP contribution in [0.4, 0.5) is 0 Å². The first-order chi connectivity index (χ1) is 10.6. The predicted molar refractivity (Wildman–Crippen MR) is 83.3 cm³/mol. The van der Waals surface area contributed by atoms with Crippen LogP contribution < -0.4 is 0 Å². The van der Waals surface area contributed by atoms with Crippen molar-refractivity contribution in [2.24, 2.45) is 11.8 Å². The zero-order valence-corrected chi connectivity index (χ0v) is 13.9. The van der Waals surface area contributed by atoms with E-state index in [0.29, 0.717) is 40.6 Å². The average Bonchev–Trinajstić information content (AvgIpc) is 2.94. The van der Waals surface area contributed by atoms with Crippen molar-refractivity contribution in [1.29, 1.82) is 0 Å². The fraction of sp³-hybridized carbons (Fsp3) is 0.625. The Morgan fingerprint density at radius 1 is 1.27 bits per heavy atom. The highest BCUT2D eigenvalue weighted by Gasteiger charge is 2.45.